The Labute approximate surface area is 166 Å². The number of carbonyl (C=O) groups is 1. The summed E-state index contributed by atoms with van der Waals surface area (Å²) in [5, 5.41) is 3.27. The van der Waals surface area contributed by atoms with Crippen molar-refractivity contribution in [3.05, 3.63) is 62.2 Å². The summed E-state index contributed by atoms with van der Waals surface area (Å²) in [6.07, 6.45) is 0. The number of carbonyl (C=O) groups excluding carboxylic acids is 1. The molecule has 0 aliphatic carbocycles. The number of nitrogens with one attached hydrogen (secondary N) is 2. The summed E-state index contributed by atoms with van der Waals surface area (Å²) < 4.78 is 27.8. The number of amides is 1. The molecular weight excluding hydrogens is 475 g/mol. The van der Waals surface area contributed by atoms with E-state index in [-0.39, 0.29) is 23.4 Å². The van der Waals surface area contributed by atoms with Crippen LogP contribution < -0.4 is 10.0 Å². The highest BCUT2D eigenvalue weighted by Gasteiger charge is 2.16. The van der Waals surface area contributed by atoms with E-state index >= 15 is 0 Å². The summed E-state index contributed by atoms with van der Waals surface area (Å²) in [5.74, 6) is -0.263. The van der Waals surface area contributed by atoms with E-state index in [4.69, 9.17) is 11.6 Å². The Kier molecular flexibility index (Phi) is 6.84. The third-order valence-electron chi connectivity index (χ3n) is 3.23. The number of rotatable bonds is 6. The number of benzene rings is 2. The first-order valence-corrected chi connectivity index (χ1v) is 10.5. The predicted octanol–water partition coefficient (Wildman–Crippen LogP) is 3.56. The predicted molar refractivity (Wildman–Crippen MR) is 107 cm³/mol. The minimum atomic E-state index is -3.57. The third-order valence-corrected chi connectivity index (χ3v) is 6.06. The van der Waals surface area contributed by atoms with Gasteiger partial charge in [0.2, 0.25) is 10.0 Å². The summed E-state index contributed by atoms with van der Waals surface area (Å²) >= 11 is 8.00. The number of halogens is 2. The zero-order valence-electron chi connectivity index (χ0n) is 13.7. The van der Waals surface area contributed by atoms with Crippen LogP contribution in [0.2, 0.25) is 5.02 Å². The first-order valence-electron chi connectivity index (χ1n) is 7.53. The molecule has 0 radical (unpaired) electrons. The molecule has 0 fully saturated rings. The van der Waals surface area contributed by atoms with Crippen LogP contribution in [0.3, 0.4) is 0 Å². The average Bonchev–Trinajstić information content (AvgIpc) is 2.54. The fraction of sp³-hybridized carbons (Fsp3) is 0.235. The van der Waals surface area contributed by atoms with E-state index in [1.807, 2.05) is 0 Å². The fourth-order valence-corrected chi connectivity index (χ4v) is 4.22. The van der Waals surface area contributed by atoms with Crippen LogP contribution in [0.25, 0.3) is 0 Å². The van der Waals surface area contributed by atoms with Gasteiger partial charge in [-0.2, -0.15) is 0 Å². The Morgan fingerprint density at radius 3 is 2.60 bits per heavy atom. The molecule has 2 aromatic rings. The van der Waals surface area contributed by atoms with Crippen LogP contribution in [-0.2, 0) is 16.6 Å². The van der Waals surface area contributed by atoms with Crippen molar-refractivity contribution in [3.63, 3.8) is 0 Å². The van der Waals surface area contributed by atoms with Gasteiger partial charge in [0.15, 0.2) is 0 Å². The minimum Gasteiger partial charge on any atom is -0.348 e. The second-order valence-electron chi connectivity index (χ2n) is 5.73. The number of hydrogen-bond acceptors (Lipinski definition) is 3. The van der Waals surface area contributed by atoms with Crippen molar-refractivity contribution in [1.82, 2.24) is 10.0 Å². The van der Waals surface area contributed by atoms with Crippen molar-refractivity contribution in [2.24, 2.45) is 0 Å². The van der Waals surface area contributed by atoms with E-state index in [1.165, 1.54) is 6.07 Å². The van der Waals surface area contributed by atoms with Gasteiger partial charge in [0.05, 0.1) is 10.5 Å². The Morgan fingerprint density at radius 1 is 1.20 bits per heavy atom. The standard InChI is InChI=1S/C17H18ClIN2O3S/c1-11(2)21-25(23,24)14-5-3-4-12(8-14)10-20-17(22)15-9-13(18)6-7-16(15)19/h3-9,11,21H,10H2,1-2H3,(H,20,22). The quantitative estimate of drug-likeness (QED) is 0.606. The van der Waals surface area contributed by atoms with E-state index in [0.29, 0.717) is 16.1 Å². The molecule has 1 amide bonds. The lowest BCUT2D eigenvalue weighted by atomic mass is 10.2. The molecule has 0 bridgehead atoms. The maximum Gasteiger partial charge on any atom is 0.252 e. The van der Waals surface area contributed by atoms with Crippen molar-refractivity contribution in [3.8, 4) is 0 Å². The Morgan fingerprint density at radius 2 is 1.92 bits per heavy atom. The van der Waals surface area contributed by atoms with Crippen LogP contribution in [0.4, 0.5) is 0 Å². The van der Waals surface area contributed by atoms with Gasteiger partial charge in [-0.1, -0.05) is 23.7 Å². The van der Waals surface area contributed by atoms with Gasteiger partial charge in [-0.3, -0.25) is 4.79 Å². The first-order chi connectivity index (χ1) is 11.7. The lowest BCUT2D eigenvalue weighted by Gasteiger charge is -2.11. The molecule has 134 valence electrons. The van der Waals surface area contributed by atoms with Gasteiger partial charge in [0.1, 0.15) is 0 Å². The summed E-state index contributed by atoms with van der Waals surface area (Å²) in [4.78, 5) is 12.5. The van der Waals surface area contributed by atoms with Crippen LogP contribution in [0.15, 0.2) is 47.4 Å². The number of hydrogen-bond donors (Lipinski definition) is 2. The highest BCUT2D eigenvalue weighted by atomic mass is 127. The second kappa shape index (κ2) is 8.48. The third kappa shape index (κ3) is 5.67. The molecule has 0 aromatic heterocycles. The molecule has 0 atom stereocenters. The topological polar surface area (TPSA) is 75.3 Å². The molecule has 0 saturated carbocycles. The van der Waals surface area contributed by atoms with E-state index in [0.717, 1.165) is 3.57 Å². The lowest BCUT2D eigenvalue weighted by Crippen LogP contribution is -2.30. The van der Waals surface area contributed by atoms with Gasteiger partial charge in [0, 0.05) is 21.2 Å². The van der Waals surface area contributed by atoms with E-state index in [2.05, 4.69) is 32.6 Å². The van der Waals surface area contributed by atoms with Crippen molar-refractivity contribution in [2.45, 2.75) is 31.3 Å². The van der Waals surface area contributed by atoms with E-state index in [9.17, 15) is 13.2 Å². The Hall–Kier alpha value is -1.16. The van der Waals surface area contributed by atoms with Gasteiger partial charge in [0.25, 0.3) is 5.91 Å². The number of sulfonamides is 1. The largest absolute Gasteiger partial charge is 0.348 e. The molecule has 0 saturated heterocycles. The summed E-state index contributed by atoms with van der Waals surface area (Å²) in [5.41, 5.74) is 1.18. The zero-order valence-corrected chi connectivity index (χ0v) is 17.4. The molecule has 5 nitrogen and oxygen atoms in total. The van der Waals surface area contributed by atoms with Crippen LogP contribution >= 0.6 is 34.2 Å². The highest BCUT2D eigenvalue weighted by molar-refractivity contribution is 14.1. The minimum absolute atomic E-state index is 0.172. The highest BCUT2D eigenvalue weighted by Crippen LogP contribution is 2.18. The van der Waals surface area contributed by atoms with Crippen molar-refractivity contribution in [2.75, 3.05) is 0 Å². The van der Waals surface area contributed by atoms with Crippen molar-refractivity contribution < 1.29 is 13.2 Å². The maximum absolute atomic E-state index is 12.3. The molecule has 2 aromatic carbocycles. The van der Waals surface area contributed by atoms with Gasteiger partial charge in [-0.15, -0.1) is 0 Å². The summed E-state index contributed by atoms with van der Waals surface area (Å²) in [6, 6.07) is 11.4. The Balaban J connectivity index is 2.13. The van der Waals surface area contributed by atoms with Crippen molar-refractivity contribution >= 4 is 50.1 Å². The average molecular weight is 493 g/mol. The van der Waals surface area contributed by atoms with Crippen LogP contribution in [0, 0.1) is 3.57 Å². The molecule has 0 spiro atoms. The molecule has 0 aliphatic rings. The molecule has 8 heteroatoms. The SMILES string of the molecule is CC(C)NS(=O)(=O)c1cccc(CNC(=O)c2cc(Cl)ccc2I)c1. The molecular formula is C17H18ClIN2O3S. The molecule has 2 rings (SSSR count). The van der Waals surface area contributed by atoms with Crippen LogP contribution in [-0.4, -0.2) is 20.4 Å². The molecule has 0 heterocycles. The summed E-state index contributed by atoms with van der Waals surface area (Å²) in [7, 11) is -3.57. The summed E-state index contributed by atoms with van der Waals surface area (Å²) in [6.45, 7) is 3.73. The van der Waals surface area contributed by atoms with Gasteiger partial charge in [-0.05, 0) is 72.3 Å². The monoisotopic (exact) mass is 492 g/mol. The fourth-order valence-electron chi connectivity index (χ4n) is 2.15. The first kappa shape index (κ1) is 20.2. The van der Waals surface area contributed by atoms with Gasteiger partial charge < -0.3 is 5.32 Å². The lowest BCUT2D eigenvalue weighted by molar-refractivity contribution is 0.0950. The van der Waals surface area contributed by atoms with E-state index < -0.39 is 10.0 Å². The smallest absolute Gasteiger partial charge is 0.252 e. The maximum atomic E-state index is 12.3. The molecule has 0 aliphatic heterocycles. The van der Waals surface area contributed by atoms with Gasteiger partial charge >= 0.3 is 0 Å². The zero-order chi connectivity index (χ0) is 18.6. The van der Waals surface area contributed by atoms with E-state index in [1.54, 1.807) is 50.2 Å². The van der Waals surface area contributed by atoms with Crippen molar-refractivity contribution in [1.29, 1.82) is 0 Å². The Bertz CT molecular complexity index is 885. The molecule has 2 N–H and O–H groups in total. The second-order valence-corrected chi connectivity index (χ2v) is 9.04. The normalized spacial score (nSPS) is 11.6. The molecule has 25 heavy (non-hydrogen) atoms. The van der Waals surface area contributed by atoms with Gasteiger partial charge in [-0.25, -0.2) is 13.1 Å². The molecule has 0 unspecified atom stereocenters. The van der Waals surface area contributed by atoms with Crippen LogP contribution in [0.1, 0.15) is 29.8 Å². The van der Waals surface area contributed by atoms with Crippen LogP contribution in [0.5, 0.6) is 0 Å².